The van der Waals surface area contributed by atoms with Crippen molar-refractivity contribution in [3.63, 3.8) is 0 Å². The summed E-state index contributed by atoms with van der Waals surface area (Å²) >= 11 is 0. The molecule has 0 aliphatic rings. The summed E-state index contributed by atoms with van der Waals surface area (Å²) in [6.07, 6.45) is 0. The summed E-state index contributed by atoms with van der Waals surface area (Å²) in [6.45, 7) is -0.109. The fraction of sp³-hybridized carbons (Fsp3) is 0.143. The average Bonchev–Trinajstić information content (AvgIpc) is 2.54. The van der Waals surface area contributed by atoms with Gasteiger partial charge in [-0.3, -0.25) is 4.52 Å². The van der Waals surface area contributed by atoms with Crippen LogP contribution in [0.2, 0.25) is 0 Å². The highest BCUT2D eigenvalue weighted by Gasteiger charge is 2.24. The quantitative estimate of drug-likeness (QED) is 0.247. The molecule has 6 nitrogen and oxygen atoms in total. The van der Waals surface area contributed by atoms with Crippen molar-refractivity contribution in [3.8, 4) is 5.75 Å². The van der Waals surface area contributed by atoms with Gasteiger partial charge in [-0.2, -0.15) is 4.20 Å². The van der Waals surface area contributed by atoms with Crippen molar-refractivity contribution in [1.82, 2.24) is 0 Å². The van der Waals surface area contributed by atoms with E-state index >= 15 is 0 Å². The summed E-state index contributed by atoms with van der Waals surface area (Å²) < 4.78 is 35.8. The summed E-state index contributed by atoms with van der Waals surface area (Å²) in [5.41, 5.74) is 8.74. The summed E-state index contributed by atoms with van der Waals surface area (Å²) in [5.74, 6) is 0.508. The maximum absolute atomic E-state index is 13.9. The first-order valence-corrected chi connectivity index (χ1v) is 7.91. The van der Waals surface area contributed by atoms with E-state index in [2.05, 4.69) is 10.0 Å². The molecule has 0 saturated carbocycles. The molecule has 0 aliphatic heterocycles. The lowest BCUT2D eigenvalue weighted by molar-refractivity contribution is 0.211. The molecular weight excluding hydrogens is 308 g/mol. The standard InChI is InChI=1S/C14H13FN3O3P/c15-22(19,14-4-2-1-3-5-14)21-11-10-20-13-8-6-12(7-9-13)17-18-16/h1-9H,10-11H2. The van der Waals surface area contributed by atoms with E-state index in [1.807, 2.05) is 0 Å². The smallest absolute Gasteiger partial charge is 0.397 e. The maximum atomic E-state index is 13.9. The van der Waals surface area contributed by atoms with Crippen LogP contribution in [0.5, 0.6) is 5.75 Å². The zero-order chi connectivity index (χ0) is 15.8. The SMILES string of the molecule is [N-]=[N+]=Nc1ccc(OCCOP(=O)(F)c2ccccc2)cc1. The maximum Gasteiger partial charge on any atom is 0.397 e. The molecule has 22 heavy (non-hydrogen) atoms. The van der Waals surface area contributed by atoms with Gasteiger partial charge in [0.25, 0.3) is 0 Å². The molecule has 0 aromatic heterocycles. The third-order valence-corrected chi connectivity index (χ3v) is 4.10. The van der Waals surface area contributed by atoms with Crippen LogP contribution >= 0.6 is 7.68 Å². The highest BCUT2D eigenvalue weighted by atomic mass is 31.2. The molecule has 114 valence electrons. The first-order chi connectivity index (χ1) is 10.6. The Hall–Kier alpha value is -2.33. The number of azide groups is 1. The molecule has 0 aliphatic carbocycles. The number of nitrogens with zero attached hydrogens (tertiary/aromatic N) is 3. The van der Waals surface area contributed by atoms with Crippen LogP contribution in [0.1, 0.15) is 0 Å². The molecule has 0 saturated heterocycles. The van der Waals surface area contributed by atoms with Gasteiger partial charge in [-0.1, -0.05) is 23.3 Å². The lowest BCUT2D eigenvalue weighted by Gasteiger charge is -2.11. The molecule has 0 fully saturated rings. The van der Waals surface area contributed by atoms with Crippen LogP contribution in [0.15, 0.2) is 59.7 Å². The van der Waals surface area contributed by atoms with Crippen molar-refractivity contribution < 1.29 is 18.0 Å². The molecule has 0 amide bonds. The summed E-state index contributed by atoms with van der Waals surface area (Å²) in [5, 5.41) is 3.45. The van der Waals surface area contributed by atoms with Gasteiger partial charge in [-0.15, -0.1) is 0 Å². The topological polar surface area (TPSA) is 84.3 Å². The molecule has 1 unspecified atom stereocenters. The monoisotopic (exact) mass is 321 g/mol. The van der Waals surface area contributed by atoms with Gasteiger partial charge in [0, 0.05) is 10.6 Å². The lowest BCUT2D eigenvalue weighted by Crippen LogP contribution is -2.09. The lowest BCUT2D eigenvalue weighted by atomic mass is 10.3. The van der Waals surface area contributed by atoms with Crippen molar-refractivity contribution in [3.05, 3.63) is 65.0 Å². The fourth-order valence-electron chi connectivity index (χ4n) is 1.66. The second-order valence-electron chi connectivity index (χ2n) is 4.18. The van der Waals surface area contributed by atoms with E-state index in [9.17, 15) is 8.76 Å². The molecule has 0 spiro atoms. The molecule has 2 rings (SSSR count). The normalized spacial score (nSPS) is 13.0. The molecule has 0 N–H and O–H groups in total. The predicted octanol–water partition coefficient (Wildman–Crippen LogP) is 4.51. The zero-order valence-electron chi connectivity index (χ0n) is 11.5. The Balaban J connectivity index is 1.81. The molecule has 8 heteroatoms. The Morgan fingerprint density at radius 2 is 1.77 bits per heavy atom. The summed E-state index contributed by atoms with van der Waals surface area (Å²) in [7, 11) is -4.32. The number of hydrogen-bond donors (Lipinski definition) is 0. The number of ether oxygens (including phenoxy) is 1. The van der Waals surface area contributed by atoms with E-state index in [0.717, 1.165) is 0 Å². The summed E-state index contributed by atoms with van der Waals surface area (Å²) in [6, 6.07) is 14.1. The second kappa shape index (κ2) is 7.61. The van der Waals surface area contributed by atoms with Gasteiger partial charge < -0.3 is 4.74 Å². The van der Waals surface area contributed by atoms with E-state index in [4.69, 9.17) is 14.8 Å². The van der Waals surface area contributed by atoms with Gasteiger partial charge in [0.05, 0.1) is 11.9 Å². The van der Waals surface area contributed by atoms with Crippen molar-refractivity contribution in [2.24, 2.45) is 5.11 Å². The van der Waals surface area contributed by atoms with E-state index in [1.165, 1.54) is 12.1 Å². The Labute approximate surface area is 126 Å². The van der Waals surface area contributed by atoms with Gasteiger partial charge in [-0.05, 0) is 41.9 Å². The van der Waals surface area contributed by atoms with Gasteiger partial charge in [0.1, 0.15) is 12.4 Å². The number of hydrogen-bond acceptors (Lipinski definition) is 4. The van der Waals surface area contributed by atoms with Gasteiger partial charge in [0.2, 0.25) is 0 Å². The van der Waals surface area contributed by atoms with Gasteiger partial charge >= 0.3 is 7.68 Å². The minimum Gasteiger partial charge on any atom is -0.491 e. The average molecular weight is 321 g/mol. The van der Waals surface area contributed by atoms with Crippen LogP contribution in [0, 0.1) is 0 Å². The molecule has 2 aromatic rings. The molecule has 0 radical (unpaired) electrons. The van der Waals surface area contributed by atoms with Crippen LogP contribution in [-0.2, 0) is 9.09 Å². The van der Waals surface area contributed by atoms with Gasteiger partial charge in [0.15, 0.2) is 0 Å². The minimum atomic E-state index is -4.32. The third-order valence-electron chi connectivity index (χ3n) is 2.67. The predicted molar refractivity (Wildman–Crippen MR) is 81.5 cm³/mol. The number of benzene rings is 2. The Kier molecular flexibility index (Phi) is 5.55. The van der Waals surface area contributed by atoms with Crippen molar-refractivity contribution in [1.29, 1.82) is 0 Å². The number of rotatable bonds is 7. The highest BCUT2D eigenvalue weighted by Crippen LogP contribution is 2.47. The molecule has 1 atom stereocenters. The first kappa shape index (κ1) is 16.0. The Morgan fingerprint density at radius 1 is 1.09 bits per heavy atom. The molecular formula is C14H13FN3O3P. The number of halogens is 1. The van der Waals surface area contributed by atoms with E-state index in [1.54, 1.807) is 42.5 Å². The summed E-state index contributed by atoms with van der Waals surface area (Å²) in [4.78, 5) is 2.66. The Morgan fingerprint density at radius 3 is 2.41 bits per heavy atom. The molecule has 0 heterocycles. The van der Waals surface area contributed by atoms with Crippen LogP contribution < -0.4 is 10.0 Å². The van der Waals surface area contributed by atoms with Crippen LogP contribution in [0.3, 0.4) is 0 Å². The van der Waals surface area contributed by atoms with E-state index in [0.29, 0.717) is 11.4 Å². The third kappa shape index (κ3) is 4.60. The largest absolute Gasteiger partial charge is 0.491 e. The fourth-order valence-corrected chi connectivity index (χ4v) is 2.64. The highest BCUT2D eigenvalue weighted by molar-refractivity contribution is 7.61. The molecule has 2 aromatic carbocycles. The van der Waals surface area contributed by atoms with Crippen LogP contribution in [0.25, 0.3) is 10.4 Å². The zero-order valence-corrected chi connectivity index (χ0v) is 12.4. The van der Waals surface area contributed by atoms with Crippen molar-refractivity contribution >= 4 is 18.7 Å². The minimum absolute atomic E-state index is 0.0220. The van der Waals surface area contributed by atoms with Crippen molar-refractivity contribution in [2.75, 3.05) is 13.2 Å². The van der Waals surface area contributed by atoms with E-state index in [-0.39, 0.29) is 18.5 Å². The molecule has 0 bridgehead atoms. The van der Waals surface area contributed by atoms with Crippen LogP contribution in [0.4, 0.5) is 9.88 Å². The first-order valence-electron chi connectivity index (χ1n) is 6.39. The van der Waals surface area contributed by atoms with E-state index < -0.39 is 7.68 Å². The second-order valence-corrected chi connectivity index (χ2v) is 5.91. The van der Waals surface area contributed by atoms with Crippen molar-refractivity contribution in [2.45, 2.75) is 0 Å². The Bertz CT molecular complexity index is 703. The van der Waals surface area contributed by atoms with Gasteiger partial charge in [-0.25, -0.2) is 4.57 Å². The van der Waals surface area contributed by atoms with Crippen LogP contribution in [-0.4, -0.2) is 13.2 Å².